The van der Waals surface area contributed by atoms with E-state index in [-0.39, 0.29) is 5.97 Å². The molecule has 1 aliphatic heterocycles. The topological polar surface area (TPSA) is 26.3 Å². The summed E-state index contributed by atoms with van der Waals surface area (Å²) in [5, 5.41) is 2.22. The fourth-order valence-electron chi connectivity index (χ4n) is 2.49. The lowest BCUT2D eigenvalue weighted by Crippen LogP contribution is -2.26. The van der Waals surface area contributed by atoms with Crippen molar-refractivity contribution in [3.63, 3.8) is 0 Å². The Morgan fingerprint density at radius 1 is 1.22 bits per heavy atom. The van der Waals surface area contributed by atoms with Crippen LogP contribution in [0.5, 0.6) is 5.75 Å². The second-order valence-electron chi connectivity index (χ2n) is 5.28. The van der Waals surface area contributed by atoms with Crippen LogP contribution in [0.3, 0.4) is 0 Å². The maximum atomic E-state index is 11.9. The average molecular weight is 305 g/mol. The molecule has 0 N–H and O–H groups in total. The monoisotopic (exact) mass is 304 g/mol. The standard InChI is InChI=1S/C15H13BrO2/c1-8-6-10-9(7-11(8)16)4-5-12-13(10)15(2,3)14(17)18-12/h4-7H,1-3H3. The van der Waals surface area contributed by atoms with Crippen molar-refractivity contribution in [1.82, 2.24) is 0 Å². The van der Waals surface area contributed by atoms with Gasteiger partial charge in [-0.1, -0.05) is 22.0 Å². The highest BCUT2D eigenvalue weighted by atomic mass is 79.9. The highest BCUT2D eigenvalue weighted by Crippen LogP contribution is 2.44. The molecule has 0 bridgehead atoms. The molecular weight excluding hydrogens is 292 g/mol. The lowest BCUT2D eigenvalue weighted by molar-refractivity contribution is -0.137. The summed E-state index contributed by atoms with van der Waals surface area (Å²) in [6.45, 7) is 5.88. The largest absolute Gasteiger partial charge is 0.426 e. The summed E-state index contributed by atoms with van der Waals surface area (Å²) in [5.74, 6) is 0.518. The van der Waals surface area contributed by atoms with Crippen LogP contribution in [0.1, 0.15) is 25.0 Å². The second kappa shape index (κ2) is 3.58. The predicted octanol–water partition coefficient (Wildman–Crippen LogP) is 4.11. The van der Waals surface area contributed by atoms with Crippen LogP contribution in [0.4, 0.5) is 0 Å². The van der Waals surface area contributed by atoms with E-state index in [0.29, 0.717) is 5.75 Å². The molecule has 0 saturated carbocycles. The molecule has 0 aliphatic carbocycles. The molecule has 2 aromatic carbocycles. The molecule has 0 saturated heterocycles. The molecule has 0 radical (unpaired) electrons. The number of ether oxygens (including phenoxy) is 1. The fourth-order valence-corrected chi connectivity index (χ4v) is 2.85. The zero-order valence-electron chi connectivity index (χ0n) is 10.5. The number of carbonyl (C=O) groups is 1. The molecule has 3 rings (SSSR count). The van der Waals surface area contributed by atoms with Crippen molar-refractivity contribution in [3.8, 4) is 5.75 Å². The first kappa shape index (κ1) is 11.7. The zero-order valence-corrected chi connectivity index (χ0v) is 12.1. The Labute approximate surface area is 114 Å². The summed E-state index contributed by atoms with van der Waals surface area (Å²) in [6, 6.07) is 8.07. The quantitative estimate of drug-likeness (QED) is 0.541. The van der Waals surface area contributed by atoms with Gasteiger partial charge in [-0.2, -0.15) is 0 Å². The number of esters is 1. The number of rotatable bonds is 0. The van der Waals surface area contributed by atoms with E-state index < -0.39 is 5.41 Å². The van der Waals surface area contributed by atoms with E-state index >= 15 is 0 Å². The van der Waals surface area contributed by atoms with Crippen LogP contribution >= 0.6 is 15.9 Å². The van der Waals surface area contributed by atoms with E-state index in [4.69, 9.17) is 4.74 Å². The van der Waals surface area contributed by atoms with Gasteiger partial charge >= 0.3 is 5.97 Å². The molecule has 2 aromatic rings. The maximum Gasteiger partial charge on any atom is 0.321 e. The summed E-state index contributed by atoms with van der Waals surface area (Å²) >= 11 is 3.54. The summed E-state index contributed by atoms with van der Waals surface area (Å²) in [6.07, 6.45) is 0. The lowest BCUT2D eigenvalue weighted by Gasteiger charge is -2.16. The molecule has 18 heavy (non-hydrogen) atoms. The Bertz CT molecular complexity index is 686. The smallest absolute Gasteiger partial charge is 0.321 e. The number of aryl methyl sites for hydroxylation is 1. The van der Waals surface area contributed by atoms with Crippen LogP contribution in [0, 0.1) is 6.92 Å². The van der Waals surface area contributed by atoms with Gasteiger partial charge in [0.25, 0.3) is 0 Å². The minimum absolute atomic E-state index is 0.175. The molecule has 0 aromatic heterocycles. The Kier molecular flexibility index (Phi) is 2.33. The molecular formula is C15H13BrO2. The summed E-state index contributed by atoms with van der Waals surface area (Å²) in [7, 11) is 0. The molecule has 0 spiro atoms. The van der Waals surface area contributed by atoms with Gasteiger partial charge in [0, 0.05) is 10.0 Å². The van der Waals surface area contributed by atoms with Crippen LogP contribution < -0.4 is 4.74 Å². The third-order valence-corrected chi connectivity index (χ3v) is 4.45. The minimum Gasteiger partial charge on any atom is -0.426 e. The molecule has 0 atom stereocenters. The molecule has 0 fully saturated rings. The van der Waals surface area contributed by atoms with Gasteiger partial charge in [0.05, 0.1) is 5.41 Å². The fraction of sp³-hybridized carbons (Fsp3) is 0.267. The highest BCUT2D eigenvalue weighted by molar-refractivity contribution is 9.10. The van der Waals surface area contributed by atoms with Crippen molar-refractivity contribution >= 4 is 32.7 Å². The Hall–Kier alpha value is -1.35. The van der Waals surface area contributed by atoms with Crippen LogP contribution in [-0.2, 0) is 10.2 Å². The van der Waals surface area contributed by atoms with Crippen molar-refractivity contribution in [2.24, 2.45) is 0 Å². The molecule has 0 unspecified atom stereocenters. The zero-order chi connectivity index (χ0) is 13.1. The van der Waals surface area contributed by atoms with Crippen molar-refractivity contribution in [2.75, 3.05) is 0 Å². The Morgan fingerprint density at radius 3 is 2.67 bits per heavy atom. The first-order valence-electron chi connectivity index (χ1n) is 5.87. The summed E-state index contributed by atoms with van der Waals surface area (Å²) in [5.41, 5.74) is 1.58. The van der Waals surface area contributed by atoms with E-state index in [1.54, 1.807) is 0 Å². The second-order valence-corrected chi connectivity index (χ2v) is 6.13. The highest BCUT2D eigenvalue weighted by Gasteiger charge is 2.42. The molecule has 92 valence electrons. The van der Waals surface area contributed by atoms with Gasteiger partial charge in [-0.25, -0.2) is 0 Å². The van der Waals surface area contributed by atoms with Crippen LogP contribution in [0.2, 0.25) is 0 Å². The van der Waals surface area contributed by atoms with E-state index in [1.165, 1.54) is 0 Å². The number of benzene rings is 2. The van der Waals surface area contributed by atoms with E-state index in [0.717, 1.165) is 26.4 Å². The minimum atomic E-state index is -0.574. The third kappa shape index (κ3) is 1.43. The van der Waals surface area contributed by atoms with Gasteiger partial charge in [0.15, 0.2) is 0 Å². The number of halogens is 1. The average Bonchev–Trinajstić information content (AvgIpc) is 2.52. The Morgan fingerprint density at radius 2 is 1.94 bits per heavy atom. The number of fused-ring (bicyclic) bond motifs is 3. The number of hydrogen-bond acceptors (Lipinski definition) is 2. The van der Waals surface area contributed by atoms with Crippen molar-refractivity contribution in [1.29, 1.82) is 0 Å². The van der Waals surface area contributed by atoms with Crippen LogP contribution in [0.25, 0.3) is 10.8 Å². The Balaban J connectivity index is 2.44. The van der Waals surface area contributed by atoms with Gasteiger partial charge in [-0.05, 0) is 55.3 Å². The van der Waals surface area contributed by atoms with E-state index in [2.05, 4.69) is 28.1 Å². The SMILES string of the molecule is Cc1cc2c3c(ccc2cc1Br)OC(=O)C3(C)C. The van der Waals surface area contributed by atoms with Gasteiger partial charge in [-0.3, -0.25) is 4.79 Å². The molecule has 3 heteroatoms. The molecule has 1 aliphatic rings. The molecule has 1 heterocycles. The van der Waals surface area contributed by atoms with Crippen molar-refractivity contribution < 1.29 is 9.53 Å². The van der Waals surface area contributed by atoms with Crippen LogP contribution in [0.15, 0.2) is 28.7 Å². The maximum absolute atomic E-state index is 11.9. The lowest BCUT2D eigenvalue weighted by atomic mass is 9.83. The molecule has 0 amide bonds. The van der Waals surface area contributed by atoms with Crippen molar-refractivity contribution in [2.45, 2.75) is 26.2 Å². The predicted molar refractivity (Wildman–Crippen MR) is 75.0 cm³/mol. The van der Waals surface area contributed by atoms with Gasteiger partial charge < -0.3 is 4.74 Å². The van der Waals surface area contributed by atoms with Gasteiger partial charge in [0.2, 0.25) is 0 Å². The van der Waals surface area contributed by atoms with Gasteiger partial charge in [0.1, 0.15) is 5.75 Å². The third-order valence-electron chi connectivity index (χ3n) is 3.60. The number of carbonyl (C=O) groups excluding carboxylic acids is 1. The first-order valence-corrected chi connectivity index (χ1v) is 6.66. The van der Waals surface area contributed by atoms with E-state index in [9.17, 15) is 4.79 Å². The normalized spacial score (nSPS) is 16.8. The van der Waals surface area contributed by atoms with Gasteiger partial charge in [-0.15, -0.1) is 0 Å². The van der Waals surface area contributed by atoms with Crippen LogP contribution in [-0.4, -0.2) is 5.97 Å². The summed E-state index contributed by atoms with van der Waals surface area (Å²) in [4.78, 5) is 11.9. The first-order chi connectivity index (χ1) is 8.41. The summed E-state index contributed by atoms with van der Waals surface area (Å²) < 4.78 is 6.43. The number of hydrogen-bond donors (Lipinski definition) is 0. The molecule has 2 nitrogen and oxygen atoms in total. The van der Waals surface area contributed by atoms with E-state index in [1.807, 2.05) is 32.9 Å². The van der Waals surface area contributed by atoms with Crippen molar-refractivity contribution in [3.05, 3.63) is 39.9 Å².